The fraction of sp³-hybridized carbons (Fsp3) is 0.417. The number of ether oxygens (including phenoxy) is 1. The topological polar surface area (TPSA) is 58.6 Å². The Labute approximate surface area is 175 Å². The first-order valence-corrected chi connectivity index (χ1v) is 10.7. The van der Waals surface area contributed by atoms with E-state index in [0.717, 1.165) is 18.5 Å². The van der Waals surface area contributed by atoms with E-state index in [4.69, 9.17) is 4.74 Å². The van der Waals surface area contributed by atoms with Crippen molar-refractivity contribution in [1.82, 2.24) is 5.32 Å². The Morgan fingerprint density at radius 1 is 1.07 bits per heavy atom. The summed E-state index contributed by atoms with van der Waals surface area (Å²) in [5.41, 5.74) is 1.64. The van der Waals surface area contributed by atoms with Gasteiger partial charge in [0.25, 0.3) is 0 Å². The van der Waals surface area contributed by atoms with Crippen molar-refractivity contribution in [2.75, 3.05) is 18.0 Å². The standard InChI is InChI=1S/C24H25FN2O3/c25-20-7-3-4-8-21(20)27-14-11-17(15-27)26-22(28)16-9-12-24(13-10-16)19-6-2-1-5-18(19)23(29)30-24/h1-8,16-17H,9-15H2,(H,26,28)/t16-,17-,24-/m0/s1. The molecule has 1 saturated heterocycles. The molecule has 5 rings (SSSR count). The molecule has 1 atom stereocenters. The number of benzene rings is 2. The summed E-state index contributed by atoms with van der Waals surface area (Å²) in [6.45, 7) is 1.35. The SMILES string of the molecule is O=C1O[C@]2(CC[C@H](C(=O)N[C@H]3CCN(c4ccccc4F)C3)CC2)c2ccccc21. The van der Waals surface area contributed by atoms with Gasteiger partial charge in [0, 0.05) is 30.6 Å². The average Bonchev–Trinajstić information content (AvgIpc) is 3.32. The van der Waals surface area contributed by atoms with Gasteiger partial charge in [-0.3, -0.25) is 4.79 Å². The lowest BCUT2D eigenvalue weighted by atomic mass is 9.74. The molecule has 5 nitrogen and oxygen atoms in total. The molecule has 0 bridgehead atoms. The molecule has 2 aromatic carbocycles. The number of hydrogen-bond acceptors (Lipinski definition) is 4. The van der Waals surface area contributed by atoms with E-state index in [2.05, 4.69) is 5.32 Å². The van der Waals surface area contributed by atoms with E-state index in [0.29, 0.717) is 43.5 Å². The van der Waals surface area contributed by atoms with Crippen LogP contribution >= 0.6 is 0 Å². The van der Waals surface area contributed by atoms with Gasteiger partial charge in [0.15, 0.2) is 0 Å². The van der Waals surface area contributed by atoms with E-state index in [1.54, 1.807) is 12.1 Å². The molecule has 1 aliphatic carbocycles. The maximum Gasteiger partial charge on any atom is 0.339 e. The van der Waals surface area contributed by atoms with Crippen LogP contribution in [0.1, 0.15) is 48.0 Å². The van der Waals surface area contributed by atoms with Gasteiger partial charge in [0.1, 0.15) is 11.4 Å². The summed E-state index contributed by atoms with van der Waals surface area (Å²) in [6, 6.07) is 14.3. The number of nitrogens with one attached hydrogen (secondary N) is 1. The van der Waals surface area contributed by atoms with Crippen LogP contribution in [0, 0.1) is 11.7 Å². The number of hydrogen-bond donors (Lipinski definition) is 1. The predicted octanol–water partition coefficient (Wildman–Crippen LogP) is 3.78. The van der Waals surface area contributed by atoms with Crippen molar-refractivity contribution in [3.05, 3.63) is 65.5 Å². The highest BCUT2D eigenvalue weighted by molar-refractivity contribution is 5.94. The molecule has 0 aromatic heterocycles. The maximum absolute atomic E-state index is 14.0. The zero-order chi connectivity index (χ0) is 20.7. The lowest BCUT2D eigenvalue weighted by Gasteiger charge is -2.36. The molecule has 1 amide bonds. The van der Waals surface area contributed by atoms with Crippen LogP contribution in [0.25, 0.3) is 0 Å². The van der Waals surface area contributed by atoms with E-state index < -0.39 is 5.60 Å². The molecule has 2 aromatic rings. The predicted molar refractivity (Wildman–Crippen MR) is 111 cm³/mol. The third kappa shape index (κ3) is 3.24. The molecule has 2 aliphatic heterocycles. The quantitative estimate of drug-likeness (QED) is 0.786. The molecule has 1 saturated carbocycles. The number of carbonyl (C=O) groups is 2. The van der Waals surface area contributed by atoms with Gasteiger partial charge in [0.2, 0.25) is 5.91 Å². The third-order valence-electron chi connectivity index (χ3n) is 6.82. The highest BCUT2D eigenvalue weighted by Crippen LogP contribution is 2.48. The van der Waals surface area contributed by atoms with E-state index >= 15 is 0 Å². The van der Waals surface area contributed by atoms with E-state index in [-0.39, 0.29) is 29.7 Å². The number of amides is 1. The van der Waals surface area contributed by atoms with Gasteiger partial charge in [0.05, 0.1) is 11.3 Å². The van der Waals surface area contributed by atoms with E-state index in [1.165, 1.54) is 6.07 Å². The molecular weight excluding hydrogens is 383 g/mol. The first kappa shape index (κ1) is 19.1. The molecule has 3 aliphatic rings. The van der Waals surface area contributed by atoms with Crippen LogP contribution < -0.4 is 10.2 Å². The van der Waals surface area contributed by atoms with Gasteiger partial charge in [-0.25, -0.2) is 9.18 Å². The second kappa shape index (κ2) is 7.42. The molecule has 156 valence electrons. The highest BCUT2D eigenvalue weighted by Gasteiger charge is 2.48. The molecule has 30 heavy (non-hydrogen) atoms. The van der Waals surface area contributed by atoms with Crippen LogP contribution in [0.4, 0.5) is 10.1 Å². The Hall–Kier alpha value is -2.89. The van der Waals surface area contributed by atoms with Gasteiger partial charge in [-0.05, 0) is 50.3 Å². The average molecular weight is 408 g/mol. The summed E-state index contributed by atoms with van der Waals surface area (Å²) in [5.74, 6) is -0.506. The fourth-order valence-electron chi connectivity index (χ4n) is 5.19. The molecule has 6 heteroatoms. The number of carbonyl (C=O) groups excluding carboxylic acids is 2. The van der Waals surface area contributed by atoms with Crippen molar-refractivity contribution in [2.24, 2.45) is 5.92 Å². The van der Waals surface area contributed by atoms with Gasteiger partial charge >= 0.3 is 5.97 Å². The maximum atomic E-state index is 14.0. The molecule has 1 N–H and O–H groups in total. The van der Waals surface area contributed by atoms with Crippen LogP contribution in [0.2, 0.25) is 0 Å². The summed E-state index contributed by atoms with van der Waals surface area (Å²) < 4.78 is 19.8. The third-order valence-corrected chi connectivity index (χ3v) is 6.82. The Morgan fingerprint density at radius 2 is 1.80 bits per heavy atom. The van der Waals surface area contributed by atoms with Crippen LogP contribution in [0.3, 0.4) is 0 Å². The molecular formula is C24H25FN2O3. The molecule has 2 heterocycles. The summed E-state index contributed by atoms with van der Waals surface area (Å²) in [4.78, 5) is 27.1. The lowest BCUT2D eigenvalue weighted by molar-refractivity contribution is -0.128. The Morgan fingerprint density at radius 3 is 2.60 bits per heavy atom. The summed E-state index contributed by atoms with van der Waals surface area (Å²) in [7, 11) is 0. The Bertz CT molecular complexity index is 984. The number of esters is 1. The van der Waals surface area contributed by atoms with Gasteiger partial charge < -0.3 is 15.0 Å². The minimum Gasteiger partial charge on any atom is -0.451 e. The van der Waals surface area contributed by atoms with Crippen molar-refractivity contribution < 1.29 is 18.7 Å². The van der Waals surface area contributed by atoms with Crippen molar-refractivity contribution in [2.45, 2.75) is 43.7 Å². The first-order chi connectivity index (χ1) is 14.6. The van der Waals surface area contributed by atoms with E-state index in [9.17, 15) is 14.0 Å². The number of halogens is 1. The van der Waals surface area contributed by atoms with Gasteiger partial charge in [-0.2, -0.15) is 0 Å². The monoisotopic (exact) mass is 408 g/mol. The number of anilines is 1. The van der Waals surface area contributed by atoms with Gasteiger partial charge in [-0.15, -0.1) is 0 Å². The zero-order valence-electron chi connectivity index (χ0n) is 16.8. The normalized spacial score (nSPS) is 27.8. The van der Waals surface area contributed by atoms with Crippen molar-refractivity contribution >= 4 is 17.6 Å². The first-order valence-electron chi connectivity index (χ1n) is 10.7. The van der Waals surface area contributed by atoms with Crippen LogP contribution in [0.5, 0.6) is 0 Å². The van der Waals surface area contributed by atoms with Crippen LogP contribution in [-0.2, 0) is 15.1 Å². The van der Waals surface area contributed by atoms with Crippen LogP contribution in [0.15, 0.2) is 48.5 Å². The number of para-hydroxylation sites is 1. The summed E-state index contributed by atoms with van der Waals surface area (Å²) in [6.07, 6.45) is 3.52. The molecule has 2 fully saturated rings. The summed E-state index contributed by atoms with van der Waals surface area (Å²) in [5, 5.41) is 3.16. The number of nitrogens with zero attached hydrogens (tertiary/aromatic N) is 1. The minimum absolute atomic E-state index is 0.0260. The van der Waals surface area contributed by atoms with Crippen LogP contribution in [-0.4, -0.2) is 31.0 Å². The van der Waals surface area contributed by atoms with E-state index in [1.807, 2.05) is 35.2 Å². The van der Waals surface area contributed by atoms with Crippen molar-refractivity contribution in [3.63, 3.8) is 0 Å². The van der Waals surface area contributed by atoms with Crippen molar-refractivity contribution in [1.29, 1.82) is 0 Å². The van der Waals surface area contributed by atoms with Crippen molar-refractivity contribution in [3.8, 4) is 0 Å². The fourth-order valence-corrected chi connectivity index (χ4v) is 5.19. The minimum atomic E-state index is -0.570. The molecule has 1 spiro atoms. The second-order valence-electron chi connectivity index (χ2n) is 8.60. The largest absolute Gasteiger partial charge is 0.451 e. The lowest BCUT2D eigenvalue weighted by Crippen LogP contribution is -2.43. The number of rotatable bonds is 3. The smallest absolute Gasteiger partial charge is 0.339 e. The number of fused-ring (bicyclic) bond motifs is 2. The summed E-state index contributed by atoms with van der Waals surface area (Å²) >= 11 is 0. The molecule has 0 radical (unpaired) electrons. The highest BCUT2D eigenvalue weighted by atomic mass is 19.1. The Kier molecular flexibility index (Phi) is 4.72. The second-order valence-corrected chi connectivity index (χ2v) is 8.60. The zero-order valence-corrected chi connectivity index (χ0v) is 16.8. The Balaban J connectivity index is 1.19. The molecule has 0 unspecified atom stereocenters. The van der Waals surface area contributed by atoms with Gasteiger partial charge in [-0.1, -0.05) is 30.3 Å².